The summed E-state index contributed by atoms with van der Waals surface area (Å²) < 4.78 is 5.44. The minimum atomic E-state index is -0.127. The second-order valence-electron chi connectivity index (χ2n) is 9.71. The van der Waals surface area contributed by atoms with Crippen LogP contribution in [0.2, 0.25) is 0 Å². The SMILES string of the molecule is O=C(NC[C@@H]1[C@@H]2C[C@@H]2CN1C(=O)c1cccc2c1-c1ccccc1C2)c1cccc2occc12. The molecule has 0 bridgehead atoms. The van der Waals surface area contributed by atoms with Gasteiger partial charge in [-0.05, 0) is 71.2 Å². The number of likely N-dealkylation sites (tertiary alicyclic amines) is 1. The predicted octanol–water partition coefficient (Wildman–Crippen LogP) is 4.89. The number of fused-ring (bicyclic) bond motifs is 5. The highest BCUT2D eigenvalue weighted by Gasteiger charge is 2.54. The molecule has 2 fully saturated rings. The third kappa shape index (κ3) is 2.93. The van der Waals surface area contributed by atoms with Gasteiger partial charge in [0.2, 0.25) is 0 Å². The van der Waals surface area contributed by atoms with Crippen LogP contribution in [-0.4, -0.2) is 35.8 Å². The van der Waals surface area contributed by atoms with Gasteiger partial charge in [-0.1, -0.05) is 42.5 Å². The molecule has 2 amide bonds. The van der Waals surface area contributed by atoms with E-state index in [4.69, 9.17) is 4.42 Å². The first-order chi connectivity index (χ1) is 16.7. The van der Waals surface area contributed by atoms with Gasteiger partial charge < -0.3 is 14.6 Å². The fraction of sp³-hybridized carbons (Fsp3) is 0.241. The lowest BCUT2D eigenvalue weighted by molar-refractivity contribution is 0.0695. The first-order valence-corrected chi connectivity index (χ1v) is 11.9. The Kier molecular flexibility index (Phi) is 4.22. The van der Waals surface area contributed by atoms with Crippen LogP contribution in [0.15, 0.2) is 77.4 Å². The molecule has 1 N–H and O–H groups in total. The molecule has 1 saturated carbocycles. The number of rotatable bonds is 4. The molecular weight excluding hydrogens is 424 g/mol. The summed E-state index contributed by atoms with van der Waals surface area (Å²) >= 11 is 0. The zero-order chi connectivity index (χ0) is 22.8. The maximum absolute atomic E-state index is 13.8. The molecule has 4 aromatic rings. The first-order valence-electron chi connectivity index (χ1n) is 11.9. The molecule has 5 heteroatoms. The second-order valence-corrected chi connectivity index (χ2v) is 9.71. The van der Waals surface area contributed by atoms with E-state index in [1.54, 1.807) is 6.26 Å². The third-order valence-corrected chi connectivity index (χ3v) is 7.82. The van der Waals surface area contributed by atoms with Crippen molar-refractivity contribution in [2.45, 2.75) is 18.9 Å². The maximum atomic E-state index is 13.8. The molecule has 1 aliphatic heterocycles. The number of benzene rings is 3. The minimum absolute atomic E-state index is 0.0255. The van der Waals surface area contributed by atoms with Gasteiger partial charge in [-0.15, -0.1) is 0 Å². The average Bonchev–Trinajstić information content (AvgIpc) is 3.20. The van der Waals surface area contributed by atoms with Crippen molar-refractivity contribution in [2.75, 3.05) is 13.1 Å². The number of hydrogen-bond donors (Lipinski definition) is 1. The highest BCUT2D eigenvalue weighted by atomic mass is 16.3. The van der Waals surface area contributed by atoms with Crippen molar-refractivity contribution < 1.29 is 14.0 Å². The summed E-state index contributed by atoms with van der Waals surface area (Å²) in [6, 6.07) is 21.8. The van der Waals surface area contributed by atoms with Crippen LogP contribution >= 0.6 is 0 Å². The van der Waals surface area contributed by atoms with Gasteiger partial charge in [0.05, 0.1) is 17.9 Å². The second kappa shape index (κ2) is 7.32. The Morgan fingerprint density at radius 1 is 0.941 bits per heavy atom. The zero-order valence-corrected chi connectivity index (χ0v) is 18.7. The highest BCUT2D eigenvalue weighted by molar-refractivity contribution is 6.06. The van der Waals surface area contributed by atoms with Crippen molar-refractivity contribution in [3.8, 4) is 11.1 Å². The molecule has 5 nitrogen and oxygen atoms in total. The Balaban J connectivity index is 1.15. The van der Waals surface area contributed by atoms with Gasteiger partial charge in [-0.25, -0.2) is 0 Å². The number of furan rings is 1. The smallest absolute Gasteiger partial charge is 0.254 e. The molecule has 3 aromatic carbocycles. The minimum Gasteiger partial charge on any atom is -0.464 e. The molecule has 0 unspecified atom stereocenters. The first kappa shape index (κ1) is 19.6. The molecule has 3 atom stereocenters. The fourth-order valence-corrected chi connectivity index (χ4v) is 6.07. The van der Waals surface area contributed by atoms with Gasteiger partial charge in [0, 0.05) is 24.0 Å². The number of amides is 2. The number of carbonyl (C=O) groups is 2. The van der Waals surface area contributed by atoms with Crippen molar-refractivity contribution in [3.05, 3.63) is 95.2 Å². The van der Waals surface area contributed by atoms with E-state index in [1.807, 2.05) is 47.4 Å². The van der Waals surface area contributed by atoms with Crippen molar-refractivity contribution in [3.63, 3.8) is 0 Å². The van der Waals surface area contributed by atoms with E-state index in [9.17, 15) is 9.59 Å². The standard InChI is InChI=1S/C29H24N2O3/c32-28(22-8-4-10-26-21(22)11-12-34-26)30-15-25-24-14-19(24)16-31(25)29(33)23-9-3-6-18-13-17-5-1-2-7-20(17)27(18)23/h1-12,19,24-25H,13-16H2,(H,30,32)/t19-,24-,25-/m1/s1. The molecule has 3 aliphatic rings. The van der Waals surface area contributed by atoms with Crippen LogP contribution in [0.4, 0.5) is 0 Å². The molecule has 34 heavy (non-hydrogen) atoms. The largest absolute Gasteiger partial charge is 0.464 e. The van der Waals surface area contributed by atoms with Crippen molar-refractivity contribution in [2.24, 2.45) is 11.8 Å². The summed E-state index contributed by atoms with van der Waals surface area (Å²) in [6.07, 6.45) is 3.61. The van der Waals surface area contributed by atoms with E-state index in [1.165, 1.54) is 16.7 Å². The Labute approximate surface area is 197 Å². The van der Waals surface area contributed by atoms with Crippen LogP contribution in [0.5, 0.6) is 0 Å². The number of nitrogens with one attached hydrogen (secondary N) is 1. The summed E-state index contributed by atoms with van der Waals surface area (Å²) in [5, 5.41) is 3.92. The van der Waals surface area contributed by atoms with E-state index < -0.39 is 0 Å². The summed E-state index contributed by atoms with van der Waals surface area (Å²) in [5.41, 5.74) is 6.83. The van der Waals surface area contributed by atoms with Gasteiger partial charge in [0.25, 0.3) is 11.8 Å². The quantitative estimate of drug-likeness (QED) is 0.426. The molecule has 168 valence electrons. The molecule has 0 spiro atoms. The van der Waals surface area contributed by atoms with Crippen LogP contribution in [0.3, 0.4) is 0 Å². The van der Waals surface area contributed by atoms with E-state index in [-0.39, 0.29) is 17.9 Å². The van der Waals surface area contributed by atoms with Crippen LogP contribution in [0, 0.1) is 11.8 Å². The summed E-state index contributed by atoms with van der Waals surface area (Å²) in [7, 11) is 0. The number of hydrogen-bond acceptors (Lipinski definition) is 3. The molecule has 1 aromatic heterocycles. The summed E-state index contributed by atoms with van der Waals surface area (Å²) in [6.45, 7) is 1.23. The van der Waals surface area contributed by atoms with Gasteiger partial charge >= 0.3 is 0 Å². The lowest BCUT2D eigenvalue weighted by Gasteiger charge is -2.29. The number of carbonyl (C=O) groups excluding carboxylic acids is 2. The van der Waals surface area contributed by atoms with Crippen molar-refractivity contribution in [1.29, 1.82) is 0 Å². The maximum Gasteiger partial charge on any atom is 0.254 e. The lowest BCUT2D eigenvalue weighted by Crippen LogP contribution is -2.45. The Morgan fingerprint density at radius 2 is 1.76 bits per heavy atom. The van der Waals surface area contributed by atoms with Gasteiger partial charge in [-0.2, -0.15) is 0 Å². The summed E-state index contributed by atoms with van der Waals surface area (Å²) in [4.78, 5) is 28.9. The molecule has 1 saturated heterocycles. The van der Waals surface area contributed by atoms with Gasteiger partial charge in [0.1, 0.15) is 5.58 Å². The van der Waals surface area contributed by atoms with Crippen LogP contribution in [0.1, 0.15) is 38.3 Å². The monoisotopic (exact) mass is 448 g/mol. The van der Waals surface area contributed by atoms with Crippen LogP contribution in [-0.2, 0) is 6.42 Å². The number of piperidine rings is 1. The lowest BCUT2D eigenvalue weighted by atomic mass is 9.98. The van der Waals surface area contributed by atoms with Crippen LogP contribution < -0.4 is 5.32 Å². The Morgan fingerprint density at radius 3 is 2.71 bits per heavy atom. The normalized spacial score (nSPS) is 21.8. The van der Waals surface area contributed by atoms with E-state index in [0.29, 0.717) is 29.5 Å². The van der Waals surface area contributed by atoms with E-state index in [2.05, 4.69) is 29.6 Å². The predicted molar refractivity (Wildman–Crippen MR) is 130 cm³/mol. The van der Waals surface area contributed by atoms with E-state index in [0.717, 1.165) is 35.9 Å². The molecule has 2 aliphatic carbocycles. The Hall–Kier alpha value is -3.86. The van der Waals surface area contributed by atoms with Gasteiger partial charge in [0.15, 0.2) is 0 Å². The molecule has 2 heterocycles. The van der Waals surface area contributed by atoms with E-state index >= 15 is 0 Å². The molecule has 7 rings (SSSR count). The zero-order valence-electron chi connectivity index (χ0n) is 18.7. The average molecular weight is 449 g/mol. The fourth-order valence-electron chi connectivity index (χ4n) is 6.07. The molecule has 0 radical (unpaired) electrons. The van der Waals surface area contributed by atoms with Crippen molar-refractivity contribution in [1.82, 2.24) is 10.2 Å². The van der Waals surface area contributed by atoms with Crippen LogP contribution in [0.25, 0.3) is 22.1 Å². The Bertz CT molecular complexity index is 1470. The summed E-state index contributed by atoms with van der Waals surface area (Å²) in [5.74, 6) is 0.972. The number of nitrogens with zero attached hydrogens (tertiary/aromatic N) is 1. The van der Waals surface area contributed by atoms with Crippen molar-refractivity contribution >= 4 is 22.8 Å². The topological polar surface area (TPSA) is 62.6 Å². The molecular formula is C29H24N2O3. The third-order valence-electron chi connectivity index (χ3n) is 7.82. The van der Waals surface area contributed by atoms with Gasteiger partial charge in [-0.3, -0.25) is 9.59 Å². The highest BCUT2D eigenvalue weighted by Crippen LogP contribution is 2.50.